The van der Waals surface area contributed by atoms with Crippen LogP contribution in [0.5, 0.6) is 0 Å². The van der Waals surface area contributed by atoms with Crippen LogP contribution in [-0.2, 0) is 0 Å². The number of alkyl halides is 1. The number of halogens is 1. The summed E-state index contributed by atoms with van der Waals surface area (Å²) in [7, 11) is 0. The van der Waals surface area contributed by atoms with Crippen LogP contribution in [0.3, 0.4) is 0 Å². The van der Waals surface area contributed by atoms with E-state index >= 15 is 0 Å². The molecule has 0 atom stereocenters. The Morgan fingerprint density at radius 1 is 0.619 bits per heavy atom. The second kappa shape index (κ2) is 13.4. The molecular formula is C20H33I. The van der Waals surface area contributed by atoms with Gasteiger partial charge in [0.1, 0.15) is 0 Å². The summed E-state index contributed by atoms with van der Waals surface area (Å²) < 4.78 is 1.13. The molecule has 1 heteroatoms. The highest BCUT2D eigenvalue weighted by atomic mass is 127. The summed E-state index contributed by atoms with van der Waals surface area (Å²) in [6.07, 6.45) is 16.6. The smallest absolute Gasteiger partial charge is 0.0178 e. The van der Waals surface area contributed by atoms with Crippen molar-refractivity contribution in [2.75, 3.05) is 4.43 Å². The molecule has 0 fully saturated rings. The molecule has 0 heterocycles. The van der Waals surface area contributed by atoms with Gasteiger partial charge >= 0.3 is 0 Å². The van der Waals surface area contributed by atoms with E-state index in [4.69, 9.17) is 0 Å². The molecule has 0 aromatic rings. The van der Waals surface area contributed by atoms with Crippen LogP contribution in [0.1, 0.15) is 73.1 Å². The van der Waals surface area contributed by atoms with E-state index in [1.54, 1.807) is 0 Å². The van der Waals surface area contributed by atoms with Crippen molar-refractivity contribution in [3.05, 3.63) is 46.6 Å². The van der Waals surface area contributed by atoms with Gasteiger partial charge in [0.05, 0.1) is 0 Å². The maximum Gasteiger partial charge on any atom is 0.0178 e. The van der Waals surface area contributed by atoms with Crippen molar-refractivity contribution in [2.45, 2.75) is 73.1 Å². The maximum absolute atomic E-state index is 2.41. The number of allylic oxidation sites excluding steroid dienone is 8. The fourth-order valence-corrected chi connectivity index (χ4v) is 2.87. The Morgan fingerprint density at radius 2 is 1.00 bits per heavy atom. The minimum absolute atomic E-state index is 1.13. The van der Waals surface area contributed by atoms with Crippen LogP contribution in [0.2, 0.25) is 0 Å². The molecular weight excluding hydrogens is 367 g/mol. The minimum atomic E-state index is 1.13. The SMILES string of the molecule is CC(C)=CCC/C(C)=C/CCC(C)=CCC/C(C)=C/CI. The monoisotopic (exact) mass is 400 g/mol. The van der Waals surface area contributed by atoms with E-state index in [0.29, 0.717) is 0 Å². The molecule has 0 nitrogen and oxygen atoms in total. The molecule has 0 aliphatic heterocycles. The third-order valence-electron chi connectivity index (χ3n) is 3.58. The summed E-state index contributed by atoms with van der Waals surface area (Å²) >= 11 is 2.40. The first kappa shape index (κ1) is 20.7. The lowest BCUT2D eigenvalue weighted by atomic mass is 10.0. The molecule has 0 saturated carbocycles. The summed E-state index contributed by atoms with van der Waals surface area (Å²) in [6, 6.07) is 0. The lowest BCUT2D eigenvalue weighted by molar-refractivity contribution is 0.900. The molecule has 0 rings (SSSR count). The Balaban J connectivity index is 3.93. The van der Waals surface area contributed by atoms with Gasteiger partial charge in [0.15, 0.2) is 0 Å². The first-order valence-electron chi connectivity index (χ1n) is 8.12. The molecule has 0 saturated heterocycles. The molecule has 0 N–H and O–H groups in total. The second-order valence-electron chi connectivity index (χ2n) is 6.20. The van der Waals surface area contributed by atoms with Crippen molar-refractivity contribution < 1.29 is 0 Å². The van der Waals surface area contributed by atoms with Crippen LogP contribution in [0, 0.1) is 0 Å². The van der Waals surface area contributed by atoms with Gasteiger partial charge in [0.2, 0.25) is 0 Å². The predicted octanol–water partition coefficient (Wildman–Crippen LogP) is 7.57. The minimum Gasteiger partial charge on any atom is -0.0856 e. The topological polar surface area (TPSA) is 0 Å². The van der Waals surface area contributed by atoms with Gasteiger partial charge in [-0.1, -0.05) is 69.2 Å². The molecule has 0 aromatic heterocycles. The van der Waals surface area contributed by atoms with Crippen molar-refractivity contribution >= 4 is 22.6 Å². The Kier molecular flexibility index (Phi) is 13.2. The lowest BCUT2D eigenvalue weighted by Crippen LogP contribution is -1.82. The number of hydrogen-bond donors (Lipinski definition) is 0. The fraction of sp³-hybridized carbons (Fsp3) is 0.600. The van der Waals surface area contributed by atoms with Crippen LogP contribution in [0.4, 0.5) is 0 Å². The third kappa shape index (κ3) is 14.4. The Morgan fingerprint density at radius 3 is 1.38 bits per heavy atom. The normalized spacial score (nSPS) is 13.5. The molecule has 0 bridgehead atoms. The van der Waals surface area contributed by atoms with Crippen LogP contribution in [0.25, 0.3) is 0 Å². The summed E-state index contributed by atoms with van der Waals surface area (Å²) in [5.74, 6) is 0. The zero-order chi connectivity index (χ0) is 16.1. The first-order valence-corrected chi connectivity index (χ1v) is 9.64. The van der Waals surface area contributed by atoms with E-state index in [0.717, 1.165) is 4.43 Å². The third-order valence-corrected chi connectivity index (χ3v) is 4.02. The standard InChI is InChI=1S/C20H33I/c1-17(2)9-6-10-18(3)11-7-12-19(4)13-8-14-20(5)15-16-21/h9,11,13,15H,6-8,10,12,14,16H2,1-5H3/b18-11+,19-13?,20-15+. The highest BCUT2D eigenvalue weighted by Crippen LogP contribution is 2.13. The highest BCUT2D eigenvalue weighted by Gasteiger charge is 1.93. The Labute approximate surface area is 146 Å². The van der Waals surface area contributed by atoms with E-state index in [1.165, 1.54) is 60.8 Å². The zero-order valence-corrected chi connectivity index (χ0v) is 16.8. The predicted molar refractivity (Wildman–Crippen MR) is 107 cm³/mol. The quantitative estimate of drug-likeness (QED) is 0.202. The van der Waals surface area contributed by atoms with Gasteiger partial charge in [-0.05, 0) is 73.1 Å². The molecule has 0 unspecified atom stereocenters. The Hall–Kier alpha value is -0.310. The van der Waals surface area contributed by atoms with Gasteiger partial charge in [-0.3, -0.25) is 0 Å². The van der Waals surface area contributed by atoms with Crippen molar-refractivity contribution in [2.24, 2.45) is 0 Å². The van der Waals surface area contributed by atoms with E-state index in [9.17, 15) is 0 Å². The van der Waals surface area contributed by atoms with E-state index in [1.807, 2.05) is 0 Å². The summed E-state index contributed by atoms with van der Waals surface area (Å²) in [6.45, 7) is 11.1. The largest absolute Gasteiger partial charge is 0.0856 e. The molecule has 0 aliphatic rings. The van der Waals surface area contributed by atoms with Crippen molar-refractivity contribution in [1.29, 1.82) is 0 Å². The van der Waals surface area contributed by atoms with Gasteiger partial charge < -0.3 is 0 Å². The van der Waals surface area contributed by atoms with Gasteiger partial charge in [0.25, 0.3) is 0 Å². The van der Waals surface area contributed by atoms with Crippen LogP contribution in [0.15, 0.2) is 46.6 Å². The first-order chi connectivity index (χ1) is 9.95. The molecule has 0 aliphatic carbocycles. The highest BCUT2D eigenvalue weighted by molar-refractivity contribution is 14.1. The summed E-state index contributed by atoms with van der Waals surface area (Å²) in [5, 5.41) is 0. The summed E-state index contributed by atoms with van der Waals surface area (Å²) in [5.41, 5.74) is 6.00. The fourth-order valence-electron chi connectivity index (χ4n) is 2.12. The average Bonchev–Trinajstić information content (AvgIpc) is 2.38. The molecule has 120 valence electrons. The van der Waals surface area contributed by atoms with E-state index in [-0.39, 0.29) is 0 Å². The van der Waals surface area contributed by atoms with Gasteiger partial charge in [0, 0.05) is 4.43 Å². The van der Waals surface area contributed by atoms with Crippen molar-refractivity contribution in [1.82, 2.24) is 0 Å². The average molecular weight is 400 g/mol. The molecule has 0 amide bonds. The maximum atomic E-state index is 2.41. The second-order valence-corrected chi connectivity index (χ2v) is 7.08. The van der Waals surface area contributed by atoms with Crippen LogP contribution in [-0.4, -0.2) is 4.43 Å². The van der Waals surface area contributed by atoms with Gasteiger partial charge in [-0.25, -0.2) is 0 Å². The molecule has 0 aromatic carbocycles. The zero-order valence-electron chi connectivity index (χ0n) is 14.6. The summed E-state index contributed by atoms with van der Waals surface area (Å²) in [4.78, 5) is 0. The number of hydrogen-bond acceptors (Lipinski definition) is 0. The van der Waals surface area contributed by atoms with Crippen molar-refractivity contribution in [3.63, 3.8) is 0 Å². The van der Waals surface area contributed by atoms with Crippen LogP contribution >= 0.6 is 22.6 Å². The van der Waals surface area contributed by atoms with Crippen LogP contribution < -0.4 is 0 Å². The molecule has 0 spiro atoms. The van der Waals surface area contributed by atoms with Gasteiger partial charge in [-0.15, -0.1) is 0 Å². The molecule has 21 heavy (non-hydrogen) atoms. The molecule has 0 radical (unpaired) electrons. The number of rotatable bonds is 10. The van der Waals surface area contributed by atoms with Gasteiger partial charge in [-0.2, -0.15) is 0 Å². The van der Waals surface area contributed by atoms with E-state index in [2.05, 4.69) is 81.5 Å². The Bertz CT molecular complexity index is 390. The van der Waals surface area contributed by atoms with E-state index < -0.39 is 0 Å². The lowest BCUT2D eigenvalue weighted by Gasteiger charge is -2.02. The van der Waals surface area contributed by atoms with Crippen molar-refractivity contribution in [3.8, 4) is 0 Å².